The summed E-state index contributed by atoms with van der Waals surface area (Å²) in [5, 5.41) is 11.4. The van der Waals surface area contributed by atoms with Crippen LogP contribution in [0.3, 0.4) is 0 Å². The molecule has 0 aliphatic heterocycles. The van der Waals surface area contributed by atoms with Crippen molar-refractivity contribution in [2.75, 3.05) is 6.61 Å². The SMILES string of the molecule is CC(C)(C)OC(=O)NC(CCC(=O)O)C(=O)OCC1c2ccccc2-c2ccccc21. The predicted octanol–water partition coefficient (Wildman–Crippen LogP) is 4.10. The van der Waals surface area contributed by atoms with Gasteiger partial charge >= 0.3 is 18.0 Å². The van der Waals surface area contributed by atoms with E-state index in [1.54, 1.807) is 20.8 Å². The Bertz CT molecular complexity index is 933. The van der Waals surface area contributed by atoms with Crippen LogP contribution < -0.4 is 5.32 Å². The molecule has 0 fully saturated rings. The predicted molar refractivity (Wildman–Crippen MR) is 115 cm³/mol. The Morgan fingerprint density at radius 1 is 1.00 bits per heavy atom. The molecule has 1 aliphatic rings. The summed E-state index contributed by atoms with van der Waals surface area (Å²) in [7, 11) is 0. The molecule has 0 saturated carbocycles. The van der Waals surface area contributed by atoms with Crippen molar-refractivity contribution in [3.05, 3.63) is 59.7 Å². The third-order valence-electron chi connectivity index (χ3n) is 4.98. The topological polar surface area (TPSA) is 102 Å². The van der Waals surface area contributed by atoms with Crippen LogP contribution in [0.15, 0.2) is 48.5 Å². The van der Waals surface area contributed by atoms with Crippen molar-refractivity contribution in [1.29, 1.82) is 0 Å². The number of amides is 1. The molecule has 31 heavy (non-hydrogen) atoms. The van der Waals surface area contributed by atoms with E-state index in [1.165, 1.54) is 0 Å². The molecule has 2 aromatic carbocycles. The van der Waals surface area contributed by atoms with Gasteiger partial charge < -0.3 is 19.9 Å². The second kappa shape index (κ2) is 9.20. The van der Waals surface area contributed by atoms with Crippen molar-refractivity contribution >= 4 is 18.0 Å². The van der Waals surface area contributed by atoms with Crippen molar-refractivity contribution in [2.24, 2.45) is 0 Å². The van der Waals surface area contributed by atoms with Gasteiger partial charge in [0.25, 0.3) is 0 Å². The number of esters is 1. The highest BCUT2D eigenvalue weighted by atomic mass is 16.6. The Morgan fingerprint density at radius 2 is 1.55 bits per heavy atom. The molecule has 7 nitrogen and oxygen atoms in total. The van der Waals surface area contributed by atoms with Gasteiger partial charge in [0.05, 0.1) is 0 Å². The van der Waals surface area contributed by atoms with Crippen molar-refractivity contribution in [1.82, 2.24) is 5.32 Å². The Kier molecular flexibility index (Phi) is 6.63. The van der Waals surface area contributed by atoms with Gasteiger partial charge in [-0.25, -0.2) is 9.59 Å². The largest absolute Gasteiger partial charge is 0.481 e. The maximum absolute atomic E-state index is 12.8. The van der Waals surface area contributed by atoms with Crippen molar-refractivity contribution < 1.29 is 29.0 Å². The standard InChI is InChI=1S/C24H27NO6/c1-24(2,3)31-23(29)25-20(12-13-21(26)27)22(28)30-14-19-17-10-6-4-8-15(17)16-9-5-7-11-18(16)19/h4-11,19-20H,12-14H2,1-3H3,(H,25,29)(H,26,27). The quantitative estimate of drug-likeness (QED) is 0.648. The number of benzene rings is 2. The number of rotatable bonds is 7. The van der Waals surface area contributed by atoms with E-state index in [0.717, 1.165) is 22.3 Å². The molecule has 1 amide bonds. The lowest BCUT2D eigenvalue weighted by Gasteiger charge is -2.23. The maximum Gasteiger partial charge on any atom is 0.408 e. The minimum Gasteiger partial charge on any atom is -0.481 e. The smallest absolute Gasteiger partial charge is 0.408 e. The van der Waals surface area contributed by atoms with Crippen LogP contribution in [0.25, 0.3) is 11.1 Å². The number of carboxylic acids is 1. The highest BCUT2D eigenvalue weighted by molar-refractivity contribution is 5.83. The van der Waals surface area contributed by atoms with Gasteiger partial charge in [0.2, 0.25) is 0 Å². The Labute approximate surface area is 181 Å². The van der Waals surface area contributed by atoms with Crippen LogP contribution >= 0.6 is 0 Å². The van der Waals surface area contributed by atoms with E-state index in [0.29, 0.717) is 0 Å². The molecule has 0 saturated heterocycles. The number of carbonyl (C=O) groups excluding carboxylic acids is 2. The molecule has 0 aromatic heterocycles. The molecule has 0 heterocycles. The molecule has 2 N–H and O–H groups in total. The maximum atomic E-state index is 12.8. The molecule has 0 bridgehead atoms. The molecule has 1 unspecified atom stereocenters. The lowest BCUT2D eigenvalue weighted by Crippen LogP contribution is -2.44. The summed E-state index contributed by atoms with van der Waals surface area (Å²) >= 11 is 0. The van der Waals surface area contributed by atoms with Gasteiger partial charge in [0.15, 0.2) is 0 Å². The zero-order valence-electron chi connectivity index (χ0n) is 17.9. The second-order valence-corrected chi connectivity index (χ2v) is 8.49. The summed E-state index contributed by atoms with van der Waals surface area (Å²) in [6.07, 6.45) is -1.17. The molecular weight excluding hydrogens is 398 g/mol. The monoisotopic (exact) mass is 425 g/mol. The van der Waals surface area contributed by atoms with Crippen LogP contribution in [-0.4, -0.2) is 41.4 Å². The number of hydrogen-bond acceptors (Lipinski definition) is 5. The van der Waals surface area contributed by atoms with Crippen molar-refractivity contribution in [2.45, 2.75) is 51.2 Å². The lowest BCUT2D eigenvalue weighted by atomic mass is 9.98. The number of nitrogens with one attached hydrogen (secondary N) is 1. The van der Waals surface area contributed by atoms with E-state index >= 15 is 0 Å². The number of carbonyl (C=O) groups is 3. The van der Waals surface area contributed by atoms with Crippen LogP contribution in [0.1, 0.15) is 50.7 Å². The summed E-state index contributed by atoms with van der Waals surface area (Å²) in [5.41, 5.74) is 3.60. The van der Waals surface area contributed by atoms with Crippen LogP contribution in [0.2, 0.25) is 0 Å². The van der Waals surface area contributed by atoms with Crippen LogP contribution in [0.5, 0.6) is 0 Å². The lowest BCUT2D eigenvalue weighted by molar-refractivity contribution is -0.147. The van der Waals surface area contributed by atoms with Crippen LogP contribution in [0.4, 0.5) is 4.79 Å². The fourth-order valence-electron chi connectivity index (χ4n) is 3.67. The molecule has 1 aliphatic carbocycles. The summed E-state index contributed by atoms with van der Waals surface area (Å²) in [4.78, 5) is 35.9. The molecule has 7 heteroatoms. The van der Waals surface area contributed by atoms with E-state index in [-0.39, 0.29) is 25.4 Å². The third kappa shape index (κ3) is 5.63. The fourth-order valence-corrected chi connectivity index (χ4v) is 3.67. The second-order valence-electron chi connectivity index (χ2n) is 8.49. The summed E-state index contributed by atoms with van der Waals surface area (Å²) in [6.45, 7) is 5.19. The fraction of sp³-hybridized carbons (Fsp3) is 0.375. The van der Waals surface area contributed by atoms with Crippen molar-refractivity contribution in [3.63, 3.8) is 0 Å². The molecule has 2 aromatic rings. The Morgan fingerprint density at radius 3 is 2.06 bits per heavy atom. The van der Waals surface area contributed by atoms with E-state index in [2.05, 4.69) is 5.32 Å². The number of hydrogen-bond donors (Lipinski definition) is 2. The minimum absolute atomic E-state index is 0.0897. The number of ether oxygens (including phenoxy) is 2. The summed E-state index contributed by atoms with van der Waals surface area (Å²) < 4.78 is 10.8. The molecule has 1 atom stereocenters. The molecule has 0 spiro atoms. The van der Waals surface area contributed by atoms with Crippen LogP contribution in [-0.2, 0) is 19.1 Å². The number of alkyl carbamates (subject to hydrolysis) is 1. The van der Waals surface area contributed by atoms with Gasteiger partial charge in [-0.3, -0.25) is 4.79 Å². The Balaban J connectivity index is 1.71. The molecule has 0 radical (unpaired) electrons. The molecular formula is C24H27NO6. The van der Waals surface area contributed by atoms with E-state index in [4.69, 9.17) is 14.6 Å². The normalized spacial score (nSPS) is 13.6. The van der Waals surface area contributed by atoms with Crippen molar-refractivity contribution in [3.8, 4) is 11.1 Å². The van der Waals surface area contributed by atoms with E-state index < -0.39 is 29.7 Å². The summed E-state index contributed by atoms with van der Waals surface area (Å²) in [5.74, 6) is -1.88. The van der Waals surface area contributed by atoms with Gasteiger partial charge in [-0.05, 0) is 49.4 Å². The first-order valence-electron chi connectivity index (χ1n) is 10.2. The highest BCUT2D eigenvalue weighted by Gasteiger charge is 2.31. The zero-order valence-corrected chi connectivity index (χ0v) is 17.9. The number of aliphatic carboxylic acids is 1. The van der Waals surface area contributed by atoms with Gasteiger partial charge in [-0.1, -0.05) is 48.5 Å². The first-order valence-corrected chi connectivity index (χ1v) is 10.2. The van der Waals surface area contributed by atoms with Gasteiger partial charge in [-0.15, -0.1) is 0 Å². The average Bonchev–Trinajstić information content (AvgIpc) is 3.01. The first kappa shape index (κ1) is 22.3. The minimum atomic E-state index is -1.11. The average molecular weight is 425 g/mol. The van der Waals surface area contributed by atoms with E-state index in [9.17, 15) is 14.4 Å². The highest BCUT2D eigenvalue weighted by Crippen LogP contribution is 2.44. The molecule has 3 rings (SSSR count). The molecule has 164 valence electrons. The zero-order chi connectivity index (χ0) is 22.6. The van der Waals surface area contributed by atoms with Gasteiger partial charge in [-0.2, -0.15) is 0 Å². The third-order valence-corrected chi connectivity index (χ3v) is 4.98. The van der Waals surface area contributed by atoms with Crippen LogP contribution in [0, 0.1) is 0 Å². The van der Waals surface area contributed by atoms with Gasteiger partial charge in [0, 0.05) is 12.3 Å². The number of fused-ring (bicyclic) bond motifs is 3. The van der Waals surface area contributed by atoms with Gasteiger partial charge in [0.1, 0.15) is 18.2 Å². The van der Waals surface area contributed by atoms with E-state index in [1.807, 2.05) is 48.5 Å². The first-order chi connectivity index (χ1) is 14.7. The number of carboxylic acid groups (broad SMARTS) is 1. The Hall–Kier alpha value is -3.35. The summed E-state index contributed by atoms with van der Waals surface area (Å²) in [6, 6.07) is 14.8.